The number of hydrogen-bond donors (Lipinski definition) is 1. The van der Waals surface area contributed by atoms with Crippen LogP contribution >= 0.6 is 0 Å². The predicted molar refractivity (Wildman–Crippen MR) is 78.8 cm³/mol. The van der Waals surface area contributed by atoms with Gasteiger partial charge in [0.05, 0.1) is 0 Å². The Kier molecular flexibility index (Phi) is 4.58. The molecule has 1 heterocycles. The van der Waals surface area contributed by atoms with Crippen LogP contribution in [0.3, 0.4) is 0 Å². The fraction of sp³-hybridized carbons (Fsp3) is 0.500. The van der Waals surface area contributed by atoms with Crippen molar-refractivity contribution in [3.63, 3.8) is 0 Å². The molecular weight excluding hydrogens is 260 g/mol. The van der Waals surface area contributed by atoms with Crippen LogP contribution < -0.4 is 5.32 Å². The van der Waals surface area contributed by atoms with Gasteiger partial charge < -0.3 is 10.2 Å². The van der Waals surface area contributed by atoms with Gasteiger partial charge in [-0.3, -0.25) is 4.21 Å². The van der Waals surface area contributed by atoms with Crippen LogP contribution in [0.2, 0.25) is 0 Å². The lowest BCUT2D eigenvalue weighted by Gasteiger charge is -2.22. The number of carbonyl (C=O) groups excluding carboxylic acids is 1. The molecule has 0 spiro atoms. The zero-order valence-corrected chi connectivity index (χ0v) is 12.2. The van der Waals surface area contributed by atoms with E-state index < -0.39 is 10.8 Å². The first kappa shape index (κ1) is 14.1. The van der Waals surface area contributed by atoms with Crippen molar-refractivity contribution in [1.82, 2.24) is 4.90 Å². The Bertz CT molecular complexity index is 490. The van der Waals surface area contributed by atoms with Crippen molar-refractivity contribution in [1.29, 1.82) is 0 Å². The smallest absolute Gasteiger partial charge is 0.321 e. The summed E-state index contributed by atoms with van der Waals surface area (Å²) < 4.78 is 11.6. The maximum Gasteiger partial charge on any atom is 0.321 e. The highest BCUT2D eigenvalue weighted by Gasteiger charge is 2.22. The van der Waals surface area contributed by atoms with E-state index in [9.17, 15) is 9.00 Å². The lowest BCUT2D eigenvalue weighted by Crippen LogP contribution is -2.38. The largest absolute Gasteiger partial charge is 0.323 e. The van der Waals surface area contributed by atoms with Gasteiger partial charge in [-0.2, -0.15) is 0 Å². The maximum atomic E-state index is 12.2. The minimum Gasteiger partial charge on any atom is -0.323 e. The number of nitrogens with one attached hydrogen (secondary N) is 1. The SMILES string of the molecule is Cc1cccc(NC(=O)N2CC[S@](=O)C[C@H](C)C2)c1. The summed E-state index contributed by atoms with van der Waals surface area (Å²) in [5.41, 5.74) is 1.92. The minimum atomic E-state index is -0.797. The average molecular weight is 280 g/mol. The van der Waals surface area contributed by atoms with Gasteiger partial charge >= 0.3 is 6.03 Å². The van der Waals surface area contributed by atoms with E-state index in [-0.39, 0.29) is 11.9 Å². The summed E-state index contributed by atoms with van der Waals surface area (Å²) in [6.45, 7) is 5.26. The summed E-state index contributed by atoms with van der Waals surface area (Å²) in [6.07, 6.45) is 0. The molecule has 1 N–H and O–H groups in total. The standard InChI is InChI=1S/C14H20N2O2S/c1-11-4-3-5-13(8-11)15-14(17)16-6-7-19(18)10-12(2)9-16/h3-5,8,12H,6-7,9-10H2,1-2H3,(H,15,17)/t12-,19+/m1/s1. The van der Waals surface area contributed by atoms with Crippen molar-refractivity contribution in [2.75, 3.05) is 29.9 Å². The molecule has 1 aromatic rings. The van der Waals surface area contributed by atoms with Crippen LogP contribution in [0.25, 0.3) is 0 Å². The van der Waals surface area contributed by atoms with Crippen LogP contribution in [0.15, 0.2) is 24.3 Å². The molecule has 1 aromatic carbocycles. The number of rotatable bonds is 1. The first-order valence-electron chi connectivity index (χ1n) is 6.52. The molecule has 2 rings (SSSR count). The predicted octanol–water partition coefficient (Wildman–Crippen LogP) is 2.23. The van der Waals surface area contributed by atoms with Crippen LogP contribution in [0.1, 0.15) is 12.5 Å². The fourth-order valence-electron chi connectivity index (χ4n) is 2.24. The van der Waals surface area contributed by atoms with E-state index in [4.69, 9.17) is 0 Å². The van der Waals surface area contributed by atoms with Crippen LogP contribution in [0, 0.1) is 12.8 Å². The Morgan fingerprint density at radius 2 is 2.26 bits per heavy atom. The van der Waals surface area contributed by atoms with Gasteiger partial charge in [0.15, 0.2) is 0 Å². The number of aryl methyl sites for hydroxylation is 1. The number of anilines is 1. The molecule has 104 valence electrons. The van der Waals surface area contributed by atoms with Crippen LogP contribution in [-0.4, -0.2) is 39.7 Å². The number of carbonyl (C=O) groups is 1. The van der Waals surface area contributed by atoms with E-state index in [1.807, 2.05) is 38.1 Å². The second-order valence-electron chi connectivity index (χ2n) is 5.16. The Labute approximate surface area is 116 Å². The quantitative estimate of drug-likeness (QED) is 0.857. The first-order valence-corrected chi connectivity index (χ1v) is 8.01. The molecule has 0 aromatic heterocycles. The molecule has 0 saturated carbocycles. The Morgan fingerprint density at radius 1 is 1.47 bits per heavy atom. The van der Waals surface area contributed by atoms with Gasteiger partial charge in [-0.05, 0) is 30.5 Å². The Morgan fingerprint density at radius 3 is 3.00 bits per heavy atom. The third kappa shape index (κ3) is 4.06. The summed E-state index contributed by atoms with van der Waals surface area (Å²) in [5.74, 6) is 1.55. The molecule has 0 aliphatic carbocycles. The third-order valence-electron chi connectivity index (χ3n) is 3.15. The van der Waals surface area contributed by atoms with Gasteiger partial charge in [0.1, 0.15) is 0 Å². The second kappa shape index (κ2) is 6.19. The molecule has 0 unspecified atom stereocenters. The van der Waals surface area contributed by atoms with E-state index in [1.54, 1.807) is 4.90 Å². The summed E-state index contributed by atoms with van der Waals surface area (Å²) in [7, 11) is -0.797. The van der Waals surface area contributed by atoms with Crippen molar-refractivity contribution in [2.24, 2.45) is 5.92 Å². The number of nitrogens with zero attached hydrogens (tertiary/aromatic N) is 1. The molecule has 4 nitrogen and oxygen atoms in total. The lowest BCUT2D eigenvalue weighted by atomic mass is 10.2. The van der Waals surface area contributed by atoms with Gasteiger partial charge in [0, 0.05) is 41.1 Å². The molecule has 1 fully saturated rings. The molecule has 1 aliphatic heterocycles. The minimum absolute atomic E-state index is 0.101. The van der Waals surface area contributed by atoms with Gasteiger partial charge in [-0.15, -0.1) is 0 Å². The second-order valence-corrected chi connectivity index (χ2v) is 6.78. The maximum absolute atomic E-state index is 12.2. The zero-order valence-electron chi connectivity index (χ0n) is 11.4. The number of urea groups is 1. The fourth-order valence-corrected chi connectivity index (χ4v) is 3.57. The molecule has 19 heavy (non-hydrogen) atoms. The van der Waals surface area contributed by atoms with Crippen molar-refractivity contribution in [3.8, 4) is 0 Å². The van der Waals surface area contributed by atoms with E-state index in [2.05, 4.69) is 5.32 Å². The molecule has 1 aliphatic rings. The molecule has 1 saturated heterocycles. The topological polar surface area (TPSA) is 49.4 Å². The zero-order chi connectivity index (χ0) is 13.8. The molecule has 2 atom stereocenters. The highest BCUT2D eigenvalue weighted by atomic mass is 32.2. The number of hydrogen-bond acceptors (Lipinski definition) is 2. The molecule has 0 bridgehead atoms. The highest BCUT2D eigenvalue weighted by molar-refractivity contribution is 7.85. The Hall–Kier alpha value is -1.36. The van der Waals surface area contributed by atoms with Crippen molar-refractivity contribution in [3.05, 3.63) is 29.8 Å². The van der Waals surface area contributed by atoms with Crippen molar-refractivity contribution >= 4 is 22.5 Å². The van der Waals surface area contributed by atoms with Gasteiger partial charge in [0.25, 0.3) is 0 Å². The van der Waals surface area contributed by atoms with Crippen LogP contribution in [0.5, 0.6) is 0 Å². The molecule has 0 radical (unpaired) electrons. The van der Waals surface area contributed by atoms with Gasteiger partial charge in [-0.1, -0.05) is 19.1 Å². The summed E-state index contributed by atoms with van der Waals surface area (Å²) in [4.78, 5) is 14.0. The van der Waals surface area contributed by atoms with Gasteiger partial charge in [-0.25, -0.2) is 4.79 Å². The number of benzene rings is 1. The van der Waals surface area contributed by atoms with Crippen molar-refractivity contribution < 1.29 is 9.00 Å². The Balaban J connectivity index is 2.01. The lowest BCUT2D eigenvalue weighted by molar-refractivity contribution is 0.210. The van der Waals surface area contributed by atoms with E-state index in [1.165, 1.54) is 0 Å². The summed E-state index contributed by atoms with van der Waals surface area (Å²) in [6, 6.07) is 7.63. The third-order valence-corrected chi connectivity index (χ3v) is 4.73. The summed E-state index contributed by atoms with van der Waals surface area (Å²) >= 11 is 0. The van der Waals surface area contributed by atoms with E-state index in [0.717, 1.165) is 11.3 Å². The normalized spacial score (nSPS) is 23.8. The monoisotopic (exact) mass is 280 g/mol. The average Bonchev–Trinajstić information content (AvgIpc) is 2.50. The molecule has 5 heteroatoms. The van der Waals surface area contributed by atoms with Crippen LogP contribution in [-0.2, 0) is 10.8 Å². The summed E-state index contributed by atoms with van der Waals surface area (Å²) in [5, 5.41) is 2.90. The molecule has 2 amide bonds. The van der Waals surface area contributed by atoms with Crippen molar-refractivity contribution in [2.45, 2.75) is 13.8 Å². The van der Waals surface area contributed by atoms with Gasteiger partial charge in [0.2, 0.25) is 0 Å². The first-order chi connectivity index (χ1) is 9.04. The van der Waals surface area contributed by atoms with E-state index >= 15 is 0 Å². The number of amides is 2. The van der Waals surface area contributed by atoms with Crippen LogP contribution in [0.4, 0.5) is 10.5 Å². The van der Waals surface area contributed by atoms with E-state index in [0.29, 0.717) is 24.6 Å². The molecular formula is C14H20N2O2S. The highest BCUT2D eigenvalue weighted by Crippen LogP contribution is 2.13.